The van der Waals surface area contributed by atoms with E-state index in [9.17, 15) is 0 Å². The van der Waals surface area contributed by atoms with Gasteiger partial charge in [-0.2, -0.15) is 29.4 Å². The van der Waals surface area contributed by atoms with E-state index in [0.29, 0.717) is 0 Å². The van der Waals surface area contributed by atoms with E-state index in [-0.39, 0.29) is 61.6 Å². The van der Waals surface area contributed by atoms with Gasteiger partial charge in [0, 0.05) is 103 Å². The quantitative estimate of drug-likeness (QED) is 0.0930. The Morgan fingerprint density at radius 1 is 0.413 bits per heavy atom. The van der Waals surface area contributed by atoms with Crippen molar-refractivity contribution >= 4 is 46.8 Å². The standard InChI is InChI=1S/C27H20N2O.C18H13N3O.2C11H8N.C9H7N2.Al.Ga.Ir.Pd.Pt.2H/c30-24-19-11-10-18-23(24)27-28-25(20-12-4-1-5-13-20)26(21-14-6-2-7-15-21)29(27)22-16-8-3-9-17-22;22-16-11-5-4-9-14(16)17-20-15-10-6-12-19-18(15)21(17)13-7-2-1-3-8-13;2*1-2-6-10(7-3-1)11-8-4-5-9-12-11;1-2-5-9(6-3-1)11-8-4-7-10-11;;;;;;;/h1-19,30H;1-12,22H;2*1-6,8-9H;1-5,7-8H;;;;;;;/q;;3*-1;2*+1;;;;;/p-2. The molecule has 0 unspecified atom stereocenters. The molecule has 0 aliphatic rings. The maximum absolute atomic E-state index is 5.73. The van der Waals surface area contributed by atoms with Crippen LogP contribution >= 0.6 is 0 Å². The third kappa shape index (κ3) is 17.8. The fraction of sp³-hybridized carbons (Fsp3) is 0. The summed E-state index contributed by atoms with van der Waals surface area (Å²) in [5, 5.41) is 4.07. The van der Waals surface area contributed by atoms with Crippen LogP contribution in [-0.2, 0) is 61.6 Å². The SMILES string of the molecule is [AlH][O]c1ccccc1-c1nc(-c2ccccc2)c(-c2ccccc2)n1-c1ccccc1.[GaH][O]c1ccccc1-c1nc2cccnc2n1-c1ccccc1.[Ir].[Pd].[Pt].[c-]1ccccc1-c1ccccn1.[c-]1ccccc1-c1ccccn1.[c-]1ccccc1-n1cccn1. The molecule has 0 fully saturated rings. The van der Waals surface area contributed by atoms with Crippen molar-refractivity contribution < 1.29 is 68.9 Å². The zero-order valence-corrected chi connectivity index (χ0v) is 60.0. The summed E-state index contributed by atoms with van der Waals surface area (Å²) in [5.41, 5.74) is 14.9. The van der Waals surface area contributed by atoms with Gasteiger partial charge in [-0.3, -0.25) is 9.25 Å². The van der Waals surface area contributed by atoms with E-state index in [0.717, 1.165) is 126 Å². The van der Waals surface area contributed by atoms with Crippen molar-refractivity contribution in [3.8, 4) is 96.4 Å². The summed E-state index contributed by atoms with van der Waals surface area (Å²) in [6, 6.07) is 108. The van der Waals surface area contributed by atoms with E-state index >= 15 is 0 Å². The van der Waals surface area contributed by atoms with Gasteiger partial charge in [0.2, 0.25) is 0 Å². The van der Waals surface area contributed by atoms with E-state index in [2.05, 4.69) is 138 Å². The van der Waals surface area contributed by atoms with Crippen molar-refractivity contribution in [2.75, 3.05) is 0 Å². The largest absolute Gasteiger partial charge is 0.305 e. The Hall–Kier alpha value is -8.91. The second-order valence-corrected chi connectivity index (χ2v) is 20.3. The molecule has 0 bridgehead atoms. The summed E-state index contributed by atoms with van der Waals surface area (Å²) in [4.78, 5) is 23.0. The molecule has 0 aliphatic carbocycles. The molecule has 16 heteroatoms. The van der Waals surface area contributed by atoms with Crippen LogP contribution in [0.5, 0.6) is 11.5 Å². The smallest absolute Gasteiger partial charge is 0.0493 e. The summed E-state index contributed by atoms with van der Waals surface area (Å²) >= 11 is 2.22. The Kier molecular flexibility index (Phi) is 27.2. The van der Waals surface area contributed by atoms with Crippen LogP contribution in [0.25, 0.3) is 96.0 Å². The third-order valence-electron chi connectivity index (χ3n) is 13.7. The van der Waals surface area contributed by atoms with Crippen LogP contribution in [-0.4, -0.2) is 79.4 Å². The van der Waals surface area contributed by atoms with Crippen molar-refractivity contribution in [2.24, 2.45) is 0 Å². The molecule has 0 saturated heterocycles. The van der Waals surface area contributed by atoms with Crippen molar-refractivity contribution in [1.29, 1.82) is 0 Å². The number of pyridine rings is 3. The zero-order chi connectivity index (χ0) is 60.7. The molecule has 3 radical (unpaired) electrons. The van der Waals surface area contributed by atoms with Gasteiger partial charge in [0.1, 0.15) is 5.82 Å². The topological polar surface area (TPSA) is 111 Å². The Balaban J connectivity index is 0.000000157. The van der Waals surface area contributed by atoms with Gasteiger partial charge >= 0.3 is 161 Å². The van der Waals surface area contributed by atoms with Gasteiger partial charge in [-0.15, -0.1) is 77.9 Å². The molecule has 92 heavy (non-hydrogen) atoms. The van der Waals surface area contributed by atoms with E-state index in [1.807, 2.05) is 212 Å². The molecular formula is C76H56AlGaIrN9O2PdPt-3. The molecule has 455 valence electrons. The fourth-order valence-electron chi connectivity index (χ4n) is 9.65. The second kappa shape index (κ2) is 36.2. The van der Waals surface area contributed by atoms with Gasteiger partial charge in [-0.1, -0.05) is 115 Å². The van der Waals surface area contributed by atoms with Crippen molar-refractivity contribution in [1.82, 2.24) is 43.8 Å². The van der Waals surface area contributed by atoms with Crippen molar-refractivity contribution in [2.45, 2.75) is 0 Å². The first-order valence-corrected chi connectivity index (χ1v) is 30.4. The molecule has 0 saturated carbocycles. The summed E-state index contributed by atoms with van der Waals surface area (Å²) in [6.07, 6.45) is 9.01. The first-order chi connectivity index (χ1) is 44.1. The van der Waals surface area contributed by atoms with Crippen LogP contribution in [0.4, 0.5) is 0 Å². The molecule has 0 spiro atoms. The van der Waals surface area contributed by atoms with Gasteiger partial charge in [0.15, 0.2) is 0 Å². The normalized spacial score (nSPS) is 10.0. The molecular weight excluding hydrogens is 1660 g/mol. The van der Waals surface area contributed by atoms with Crippen LogP contribution in [0.2, 0.25) is 0 Å². The third-order valence-corrected chi connectivity index (χ3v) is 14.7. The monoisotopic (exact) mass is 1720 g/mol. The van der Waals surface area contributed by atoms with Crippen LogP contribution in [0.3, 0.4) is 0 Å². The maximum Gasteiger partial charge on any atom is 0.0493 e. The van der Waals surface area contributed by atoms with Crippen LogP contribution in [0, 0.1) is 18.2 Å². The molecule has 0 amide bonds. The molecule has 11 nitrogen and oxygen atoms in total. The predicted octanol–water partition coefficient (Wildman–Crippen LogP) is 16.1. The number of nitrogens with zero attached hydrogens (tertiary/aromatic N) is 9. The van der Waals surface area contributed by atoms with Gasteiger partial charge in [0.25, 0.3) is 0 Å². The van der Waals surface area contributed by atoms with E-state index in [4.69, 9.17) is 17.3 Å². The van der Waals surface area contributed by atoms with E-state index < -0.39 is 0 Å². The predicted molar refractivity (Wildman–Crippen MR) is 359 cm³/mol. The maximum atomic E-state index is 5.73. The Morgan fingerprint density at radius 2 is 0.891 bits per heavy atom. The average Bonchev–Trinajstić information content (AvgIpc) is 1.61. The average molecular weight is 1720 g/mol. The van der Waals surface area contributed by atoms with E-state index in [1.54, 1.807) is 29.5 Å². The molecule has 15 aromatic rings. The Bertz CT molecular complexity index is 4410. The van der Waals surface area contributed by atoms with Crippen LogP contribution < -0.4 is 7.32 Å². The fourth-order valence-corrected chi connectivity index (χ4v) is 10.4. The minimum atomic E-state index is 0. The minimum absolute atomic E-state index is 0. The number of aromatic nitrogens is 9. The Morgan fingerprint density at radius 3 is 1.40 bits per heavy atom. The van der Waals surface area contributed by atoms with Crippen molar-refractivity contribution in [3.63, 3.8) is 0 Å². The molecule has 6 aromatic heterocycles. The molecule has 15 rings (SSSR count). The van der Waals surface area contributed by atoms with Crippen molar-refractivity contribution in [3.05, 3.63) is 346 Å². The minimum Gasteiger partial charge on any atom is -0.305 e. The van der Waals surface area contributed by atoms with Gasteiger partial charge in [-0.25, -0.2) is 4.98 Å². The molecule has 0 aliphatic heterocycles. The summed E-state index contributed by atoms with van der Waals surface area (Å²) < 4.78 is 17.5. The molecule has 6 heterocycles. The summed E-state index contributed by atoms with van der Waals surface area (Å²) in [5.74, 6) is 3.35. The van der Waals surface area contributed by atoms with E-state index in [1.165, 1.54) is 16.6 Å². The van der Waals surface area contributed by atoms with Gasteiger partial charge in [0.05, 0.1) is 22.7 Å². The number of hydrogen-bond acceptors (Lipinski definition) is 8. The number of para-hydroxylation sites is 5. The summed E-state index contributed by atoms with van der Waals surface area (Å²) in [6.45, 7) is 0. The number of benzene rings is 9. The van der Waals surface area contributed by atoms with Crippen LogP contribution in [0.15, 0.2) is 328 Å². The number of imidazole rings is 2. The molecule has 9 aromatic carbocycles. The number of fused-ring (bicyclic) bond motifs is 1. The first kappa shape index (κ1) is 69.0. The zero-order valence-electron chi connectivity index (χ0n) is 49.4. The number of hydrogen-bond donors (Lipinski definition) is 0. The van der Waals surface area contributed by atoms with Crippen LogP contribution in [0.1, 0.15) is 0 Å². The number of rotatable bonds is 11. The van der Waals surface area contributed by atoms with Gasteiger partial charge in [-0.05, 0) is 59.5 Å². The second-order valence-electron chi connectivity index (χ2n) is 19.5. The van der Waals surface area contributed by atoms with Gasteiger partial charge < -0.3 is 13.8 Å². The Labute approximate surface area is 596 Å². The first-order valence-electron chi connectivity index (χ1n) is 28.6. The molecule has 0 N–H and O–H groups in total. The molecule has 0 atom stereocenters. The summed E-state index contributed by atoms with van der Waals surface area (Å²) in [7, 11) is 0.